The zero-order valence-corrected chi connectivity index (χ0v) is 23.4. The van der Waals surface area contributed by atoms with Crippen LogP contribution in [0, 0.1) is 5.92 Å². The minimum absolute atomic E-state index is 0.0185. The van der Waals surface area contributed by atoms with Crippen LogP contribution < -0.4 is 5.32 Å². The molecule has 0 bridgehead atoms. The third-order valence-corrected chi connectivity index (χ3v) is 4.77. The summed E-state index contributed by atoms with van der Waals surface area (Å²) in [5.41, 5.74) is -0.288. The van der Waals surface area contributed by atoms with Crippen molar-refractivity contribution in [2.45, 2.75) is 111 Å². The van der Waals surface area contributed by atoms with E-state index in [1.54, 1.807) is 62.3 Å². The summed E-state index contributed by atoms with van der Waals surface area (Å²) in [6.45, 7) is 15.8. The van der Waals surface area contributed by atoms with E-state index in [-0.39, 0.29) is 13.0 Å². The number of carbonyl (C=O) groups excluding carboxylic acids is 3. The van der Waals surface area contributed by atoms with Crippen LogP contribution in [0.1, 0.15) is 86.3 Å². The number of hydrogen-bond donors (Lipinski definition) is 2. The number of esters is 2. The Morgan fingerprint density at radius 1 is 0.778 bits per heavy atom. The maximum atomic E-state index is 13.2. The molecule has 1 aromatic rings. The molecule has 0 aliphatic heterocycles. The van der Waals surface area contributed by atoms with Crippen molar-refractivity contribution in [1.82, 2.24) is 5.32 Å². The monoisotopic (exact) mass is 507 g/mol. The first-order valence-corrected chi connectivity index (χ1v) is 12.5. The average Bonchev–Trinajstić information content (AvgIpc) is 2.68. The van der Waals surface area contributed by atoms with Gasteiger partial charge in [-0.3, -0.25) is 4.79 Å². The molecule has 0 heterocycles. The van der Waals surface area contributed by atoms with Crippen LogP contribution >= 0.6 is 0 Å². The molecule has 0 aliphatic rings. The SMILES string of the molecule is CC(C)(C)OC(=O)N[C@@H](CC(Cc1ccc(CCCO)cc1)C(=O)OC(C)(C)C)C(=O)OC(C)(C)C. The molecule has 2 atom stereocenters. The van der Waals surface area contributed by atoms with Crippen LogP contribution in [0.25, 0.3) is 0 Å². The van der Waals surface area contributed by atoms with Gasteiger partial charge in [-0.2, -0.15) is 0 Å². The number of hydrogen-bond acceptors (Lipinski definition) is 7. The van der Waals surface area contributed by atoms with Crippen LogP contribution in [0.15, 0.2) is 24.3 Å². The average molecular weight is 508 g/mol. The summed E-state index contributed by atoms with van der Waals surface area (Å²) in [4.78, 5) is 38.7. The van der Waals surface area contributed by atoms with Gasteiger partial charge in [-0.15, -0.1) is 0 Å². The number of nitrogens with one attached hydrogen (secondary N) is 1. The van der Waals surface area contributed by atoms with E-state index in [2.05, 4.69) is 5.32 Å². The molecule has 1 aromatic carbocycles. The topological polar surface area (TPSA) is 111 Å². The molecule has 36 heavy (non-hydrogen) atoms. The molecule has 0 radical (unpaired) electrons. The van der Waals surface area contributed by atoms with Gasteiger partial charge in [0.2, 0.25) is 0 Å². The molecule has 1 amide bonds. The summed E-state index contributed by atoms with van der Waals surface area (Å²) in [5.74, 6) is -1.84. The first-order valence-electron chi connectivity index (χ1n) is 12.5. The molecule has 0 aliphatic carbocycles. The van der Waals surface area contributed by atoms with Crippen molar-refractivity contribution in [3.63, 3.8) is 0 Å². The van der Waals surface area contributed by atoms with E-state index in [4.69, 9.17) is 19.3 Å². The van der Waals surface area contributed by atoms with Gasteiger partial charge in [0.25, 0.3) is 0 Å². The first-order chi connectivity index (χ1) is 16.4. The standard InChI is InChI=1S/C28H45NO7/c1-26(2,3)34-23(31)21(17-20-14-12-19(13-15-20)11-10-16-30)18-22(24(32)35-27(4,5)6)29-25(33)36-28(7,8)9/h12-15,21-22,30H,10-11,16-18H2,1-9H3,(H,29,33)/t21?,22-/m0/s1. The van der Waals surface area contributed by atoms with Crippen molar-refractivity contribution >= 4 is 18.0 Å². The van der Waals surface area contributed by atoms with E-state index in [1.165, 1.54) is 0 Å². The number of ether oxygens (including phenoxy) is 3. The molecule has 1 rings (SSSR count). The summed E-state index contributed by atoms with van der Waals surface area (Å²) >= 11 is 0. The Bertz CT molecular complexity index is 858. The van der Waals surface area contributed by atoms with E-state index in [1.807, 2.05) is 24.3 Å². The Hall–Kier alpha value is -2.61. The number of benzene rings is 1. The van der Waals surface area contributed by atoms with Crippen molar-refractivity contribution in [3.8, 4) is 0 Å². The van der Waals surface area contributed by atoms with Crippen molar-refractivity contribution in [1.29, 1.82) is 0 Å². The molecule has 204 valence electrons. The maximum absolute atomic E-state index is 13.2. The normalized spacial score (nSPS) is 13.9. The Labute approximate surface area is 216 Å². The predicted octanol–water partition coefficient (Wildman–Crippen LogP) is 4.74. The van der Waals surface area contributed by atoms with Crippen LogP contribution in [-0.4, -0.2) is 52.6 Å². The molecule has 0 spiro atoms. The van der Waals surface area contributed by atoms with Crippen LogP contribution in [0.3, 0.4) is 0 Å². The first kappa shape index (κ1) is 31.4. The van der Waals surface area contributed by atoms with Crippen LogP contribution in [0.2, 0.25) is 0 Å². The minimum Gasteiger partial charge on any atom is -0.460 e. The van der Waals surface area contributed by atoms with Gasteiger partial charge < -0.3 is 24.6 Å². The molecule has 0 saturated carbocycles. The van der Waals surface area contributed by atoms with E-state index in [0.29, 0.717) is 12.8 Å². The number of alkyl carbamates (subject to hydrolysis) is 1. The Balaban J connectivity index is 3.21. The lowest BCUT2D eigenvalue weighted by atomic mass is 9.91. The molecule has 0 saturated heterocycles. The van der Waals surface area contributed by atoms with Gasteiger partial charge in [0.15, 0.2) is 0 Å². The predicted molar refractivity (Wildman–Crippen MR) is 139 cm³/mol. The second-order valence-corrected chi connectivity index (χ2v) is 12.0. The van der Waals surface area contributed by atoms with Crippen molar-refractivity contribution in [2.75, 3.05) is 6.61 Å². The largest absolute Gasteiger partial charge is 0.460 e. The van der Waals surface area contributed by atoms with Gasteiger partial charge in [0.1, 0.15) is 22.8 Å². The summed E-state index contributed by atoms with van der Waals surface area (Å²) in [5, 5.41) is 11.6. The number of rotatable bonds is 10. The third-order valence-electron chi connectivity index (χ3n) is 4.77. The Morgan fingerprint density at radius 2 is 1.25 bits per heavy atom. The fraction of sp³-hybridized carbons (Fsp3) is 0.679. The van der Waals surface area contributed by atoms with Crippen LogP contribution in [-0.2, 0) is 36.6 Å². The number of aryl methyl sites for hydroxylation is 1. The molecule has 0 fully saturated rings. The fourth-order valence-corrected chi connectivity index (χ4v) is 3.38. The van der Waals surface area contributed by atoms with Crippen LogP contribution in [0.5, 0.6) is 0 Å². The molecular formula is C28H45NO7. The second-order valence-electron chi connectivity index (χ2n) is 12.0. The summed E-state index contributed by atoms with van der Waals surface area (Å²) in [6.07, 6.45) is 0.954. The maximum Gasteiger partial charge on any atom is 0.408 e. The number of aliphatic hydroxyl groups is 1. The molecule has 0 aromatic heterocycles. The number of carbonyl (C=O) groups is 3. The fourth-order valence-electron chi connectivity index (χ4n) is 3.38. The van der Waals surface area contributed by atoms with E-state index in [0.717, 1.165) is 17.5 Å². The third kappa shape index (κ3) is 13.5. The summed E-state index contributed by atoms with van der Waals surface area (Å²) < 4.78 is 16.5. The lowest BCUT2D eigenvalue weighted by Gasteiger charge is -2.29. The zero-order valence-electron chi connectivity index (χ0n) is 23.4. The summed E-state index contributed by atoms with van der Waals surface area (Å²) in [7, 11) is 0. The lowest BCUT2D eigenvalue weighted by molar-refractivity contribution is -0.162. The summed E-state index contributed by atoms with van der Waals surface area (Å²) in [6, 6.07) is 6.66. The Morgan fingerprint density at radius 3 is 1.72 bits per heavy atom. The van der Waals surface area contributed by atoms with Gasteiger partial charge >= 0.3 is 18.0 Å². The lowest BCUT2D eigenvalue weighted by Crippen LogP contribution is -2.48. The van der Waals surface area contributed by atoms with E-state index < -0.39 is 46.8 Å². The molecule has 1 unspecified atom stereocenters. The molecular weight excluding hydrogens is 462 g/mol. The van der Waals surface area contributed by atoms with E-state index in [9.17, 15) is 14.4 Å². The molecule has 8 nitrogen and oxygen atoms in total. The van der Waals surface area contributed by atoms with Gasteiger partial charge in [0.05, 0.1) is 5.92 Å². The van der Waals surface area contributed by atoms with Gasteiger partial charge in [-0.25, -0.2) is 9.59 Å². The highest BCUT2D eigenvalue weighted by Crippen LogP contribution is 2.22. The quantitative estimate of drug-likeness (QED) is 0.348. The van der Waals surface area contributed by atoms with Gasteiger partial charge in [0, 0.05) is 6.61 Å². The smallest absolute Gasteiger partial charge is 0.408 e. The highest BCUT2D eigenvalue weighted by molar-refractivity contribution is 5.83. The minimum atomic E-state index is -1.11. The Kier molecular flexibility index (Phi) is 11.4. The van der Waals surface area contributed by atoms with Crippen molar-refractivity contribution < 1.29 is 33.7 Å². The zero-order chi connectivity index (χ0) is 27.7. The van der Waals surface area contributed by atoms with Gasteiger partial charge in [-0.1, -0.05) is 24.3 Å². The van der Waals surface area contributed by atoms with E-state index >= 15 is 0 Å². The van der Waals surface area contributed by atoms with Gasteiger partial charge in [-0.05, 0) is 99.1 Å². The second kappa shape index (κ2) is 13.1. The highest BCUT2D eigenvalue weighted by atomic mass is 16.6. The highest BCUT2D eigenvalue weighted by Gasteiger charge is 2.35. The number of aliphatic hydroxyl groups excluding tert-OH is 1. The molecule has 8 heteroatoms. The van der Waals surface area contributed by atoms with Crippen molar-refractivity contribution in [3.05, 3.63) is 35.4 Å². The molecule has 2 N–H and O–H groups in total. The van der Waals surface area contributed by atoms with Crippen molar-refractivity contribution in [2.24, 2.45) is 5.92 Å². The van der Waals surface area contributed by atoms with Crippen LogP contribution in [0.4, 0.5) is 4.79 Å². The number of amides is 1.